The van der Waals surface area contributed by atoms with Crippen molar-refractivity contribution in [2.75, 3.05) is 38.1 Å². The van der Waals surface area contributed by atoms with E-state index >= 15 is 0 Å². The van der Waals surface area contributed by atoms with E-state index in [0.29, 0.717) is 47.2 Å². The molecule has 0 atom stereocenters. The van der Waals surface area contributed by atoms with Crippen molar-refractivity contribution in [1.29, 1.82) is 0 Å². The lowest BCUT2D eigenvalue weighted by Crippen LogP contribution is -2.14. The van der Waals surface area contributed by atoms with Crippen molar-refractivity contribution in [3.63, 3.8) is 0 Å². The molecule has 1 heterocycles. The third-order valence-electron chi connectivity index (χ3n) is 4.28. The van der Waals surface area contributed by atoms with Gasteiger partial charge >= 0.3 is 0 Å². The van der Waals surface area contributed by atoms with Crippen LogP contribution in [0.4, 0.5) is 11.4 Å². The number of aromatic nitrogens is 1. The molecule has 1 aromatic heterocycles. The van der Waals surface area contributed by atoms with Crippen molar-refractivity contribution in [2.24, 2.45) is 0 Å². The molecule has 0 aliphatic heterocycles. The SMILES string of the molecule is COCCOc1cccc(C(=O)Nc2ccc(NC(=O)c3cccnc3)c(OC)c2)c1. The minimum absolute atomic E-state index is 0.300. The number of nitrogens with zero attached hydrogens (tertiary/aromatic N) is 1. The number of hydrogen-bond acceptors (Lipinski definition) is 6. The highest BCUT2D eigenvalue weighted by Crippen LogP contribution is 2.29. The molecule has 0 aliphatic carbocycles. The second-order valence-electron chi connectivity index (χ2n) is 6.43. The lowest BCUT2D eigenvalue weighted by Gasteiger charge is -2.13. The van der Waals surface area contributed by atoms with Gasteiger partial charge in [0, 0.05) is 36.8 Å². The Bertz CT molecular complexity index is 1040. The van der Waals surface area contributed by atoms with E-state index in [2.05, 4.69) is 15.6 Å². The molecule has 2 amide bonds. The molecular weight excluding hydrogens is 398 g/mol. The van der Waals surface area contributed by atoms with Crippen LogP contribution in [-0.2, 0) is 4.74 Å². The van der Waals surface area contributed by atoms with E-state index in [0.717, 1.165) is 0 Å². The van der Waals surface area contributed by atoms with E-state index in [1.54, 1.807) is 67.9 Å². The first-order chi connectivity index (χ1) is 15.1. The molecule has 8 heteroatoms. The molecule has 0 fully saturated rings. The third-order valence-corrected chi connectivity index (χ3v) is 4.28. The molecular formula is C23H23N3O5. The van der Waals surface area contributed by atoms with Crippen LogP contribution in [0.5, 0.6) is 11.5 Å². The van der Waals surface area contributed by atoms with Crippen LogP contribution in [0.2, 0.25) is 0 Å². The Balaban J connectivity index is 1.69. The Morgan fingerprint density at radius 1 is 0.903 bits per heavy atom. The molecule has 0 unspecified atom stereocenters. The van der Waals surface area contributed by atoms with Gasteiger partial charge in [-0.2, -0.15) is 0 Å². The van der Waals surface area contributed by atoms with Gasteiger partial charge in [0.15, 0.2) is 0 Å². The molecule has 3 aromatic rings. The van der Waals surface area contributed by atoms with E-state index in [4.69, 9.17) is 14.2 Å². The average molecular weight is 421 g/mol. The number of amides is 2. The zero-order valence-electron chi connectivity index (χ0n) is 17.3. The van der Waals surface area contributed by atoms with Gasteiger partial charge in [-0.05, 0) is 42.5 Å². The summed E-state index contributed by atoms with van der Waals surface area (Å²) in [5.41, 5.74) is 1.87. The van der Waals surface area contributed by atoms with Crippen LogP contribution in [0.25, 0.3) is 0 Å². The Hall–Kier alpha value is -3.91. The summed E-state index contributed by atoms with van der Waals surface area (Å²) in [5.74, 6) is 0.377. The van der Waals surface area contributed by atoms with Gasteiger partial charge in [-0.1, -0.05) is 6.07 Å². The number of carbonyl (C=O) groups excluding carboxylic acids is 2. The van der Waals surface area contributed by atoms with Gasteiger partial charge in [0.25, 0.3) is 11.8 Å². The first-order valence-electron chi connectivity index (χ1n) is 9.53. The topological polar surface area (TPSA) is 98.8 Å². The quantitative estimate of drug-likeness (QED) is 0.512. The average Bonchev–Trinajstić information content (AvgIpc) is 2.81. The van der Waals surface area contributed by atoms with Gasteiger partial charge in [-0.15, -0.1) is 0 Å². The maximum absolute atomic E-state index is 12.6. The molecule has 0 saturated carbocycles. The number of anilines is 2. The van der Waals surface area contributed by atoms with E-state index in [-0.39, 0.29) is 11.8 Å². The van der Waals surface area contributed by atoms with Crippen LogP contribution in [-0.4, -0.2) is 44.2 Å². The zero-order valence-corrected chi connectivity index (χ0v) is 17.3. The van der Waals surface area contributed by atoms with Crippen LogP contribution in [0.3, 0.4) is 0 Å². The lowest BCUT2D eigenvalue weighted by molar-refractivity contribution is 0.101. The smallest absolute Gasteiger partial charge is 0.257 e. The van der Waals surface area contributed by atoms with E-state index < -0.39 is 0 Å². The van der Waals surface area contributed by atoms with Gasteiger partial charge < -0.3 is 24.8 Å². The number of nitrogens with one attached hydrogen (secondary N) is 2. The number of hydrogen-bond donors (Lipinski definition) is 2. The summed E-state index contributed by atoms with van der Waals surface area (Å²) in [6, 6.07) is 15.2. The molecule has 3 rings (SSSR count). The molecule has 0 spiro atoms. The standard InChI is InChI=1S/C23H23N3O5/c1-29-11-12-31-19-7-3-5-16(13-19)22(27)25-18-8-9-20(21(14-18)30-2)26-23(28)17-6-4-10-24-15-17/h3-10,13-15H,11-12H2,1-2H3,(H,25,27)(H,26,28). The number of methoxy groups -OCH3 is 2. The first-order valence-corrected chi connectivity index (χ1v) is 9.53. The molecule has 0 aliphatic rings. The van der Waals surface area contributed by atoms with Crippen molar-refractivity contribution < 1.29 is 23.8 Å². The first kappa shape index (κ1) is 21.8. The molecule has 0 radical (unpaired) electrons. The third kappa shape index (κ3) is 6.03. The number of benzene rings is 2. The van der Waals surface area contributed by atoms with Crippen LogP contribution in [0.15, 0.2) is 67.0 Å². The van der Waals surface area contributed by atoms with E-state index in [1.807, 2.05) is 0 Å². The monoisotopic (exact) mass is 421 g/mol. The van der Waals surface area contributed by atoms with E-state index in [1.165, 1.54) is 13.3 Å². The molecule has 160 valence electrons. The molecule has 2 N–H and O–H groups in total. The molecule has 8 nitrogen and oxygen atoms in total. The van der Waals surface area contributed by atoms with Crippen LogP contribution in [0.1, 0.15) is 20.7 Å². The summed E-state index contributed by atoms with van der Waals surface area (Å²) in [5, 5.41) is 5.60. The highest BCUT2D eigenvalue weighted by atomic mass is 16.5. The van der Waals surface area contributed by atoms with Crippen molar-refractivity contribution >= 4 is 23.2 Å². The minimum atomic E-state index is -0.312. The van der Waals surface area contributed by atoms with Crippen LogP contribution < -0.4 is 20.1 Å². The van der Waals surface area contributed by atoms with Crippen LogP contribution in [0, 0.1) is 0 Å². The largest absolute Gasteiger partial charge is 0.494 e. The van der Waals surface area contributed by atoms with Crippen molar-refractivity contribution in [1.82, 2.24) is 4.98 Å². The summed E-state index contributed by atoms with van der Waals surface area (Å²) in [6.45, 7) is 0.852. The fraction of sp³-hybridized carbons (Fsp3) is 0.174. The molecule has 31 heavy (non-hydrogen) atoms. The second kappa shape index (κ2) is 10.7. The Labute approximate surface area is 180 Å². The molecule has 0 saturated heterocycles. The fourth-order valence-corrected chi connectivity index (χ4v) is 2.74. The Morgan fingerprint density at radius 2 is 1.71 bits per heavy atom. The summed E-state index contributed by atoms with van der Waals surface area (Å²) in [6.07, 6.45) is 3.07. The highest BCUT2D eigenvalue weighted by Gasteiger charge is 2.13. The van der Waals surface area contributed by atoms with Crippen molar-refractivity contribution in [2.45, 2.75) is 0 Å². The van der Waals surface area contributed by atoms with Crippen molar-refractivity contribution in [3.8, 4) is 11.5 Å². The van der Waals surface area contributed by atoms with Gasteiger partial charge in [0.05, 0.1) is 25.0 Å². The number of carbonyl (C=O) groups is 2. The Kier molecular flexibility index (Phi) is 7.56. The summed E-state index contributed by atoms with van der Waals surface area (Å²) in [7, 11) is 3.08. The molecule has 0 bridgehead atoms. The van der Waals surface area contributed by atoms with Gasteiger partial charge in [-0.25, -0.2) is 0 Å². The highest BCUT2D eigenvalue weighted by molar-refractivity contribution is 6.06. The minimum Gasteiger partial charge on any atom is -0.494 e. The second-order valence-corrected chi connectivity index (χ2v) is 6.43. The number of rotatable bonds is 9. The maximum atomic E-state index is 12.6. The summed E-state index contributed by atoms with van der Waals surface area (Å²) >= 11 is 0. The number of ether oxygens (including phenoxy) is 3. The maximum Gasteiger partial charge on any atom is 0.257 e. The Morgan fingerprint density at radius 3 is 2.45 bits per heavy atom. The fourth-order valence-electron chi connectivity index (χ4n) is 2.74. The van der Waals surface area contributed by atoms with Crippen LogP contribution >= 0.6 is 0 Å². The van der Waals surface area contributed by atoms with Gasteiger partial charge in [-0.3, -0.25) is 14.6 Å². The zero-order chi connectivity index (χ0) is 22.1. The van der Waals surface area contributed by atoms with Crippen molar-refractivity contribution in [3.05, 3.63) is 78.1 Å². The summed E-state index contributed by atoms with van der Waals surface area (Å²) < 4.78 is 15.9. The normalized spacial score (nSPS) is 10.3. The van der Waals surface area contributed by atoms with Gasteiger partial charge in [0.1, 0.15) is 18.1 Å². The molecule has 2 aromatic carbocycles. The predicted octanol–water partition coefficient (Wildman–Crippen LogP) is 3.62. The van der Waals surface area contributed by atoms with E-state index in [9.17, 15) is 9.59 Å². The lowest BCUT2D eigenvalue weighted by atomic mass is 10.2. The van der Waals surface area contributed by atoms with Gasteiger partial charge in [0.2, 0.25) is 0 Å². The summed E-state index contributed by atoms with van der Waals surface area (Å²) in [4.78, 5) is 28.9. The number of pyridine rings is 1. The predicted molar refractivity (Wildman–Crippen MR) is 117 cm³/mol.